The van der Waals surface area contributed by atoms with E-state index in [0.29, 0.717) is 17.5 Å². The Hall–Kier alpha value is -2.41. The summed E-state index contributed by atoms with van der Waals surface area (Å²) in [4.78, 5) is 15.6. The van der Waals surface area contributed by atoms with Crippen molar-refractivity contribution in [3.63, 3.8) is 0 Å². The van der Waals surface area contributed by atoms with Gasteiger partial charge in [-0.05, 0) is 56.0 Å². The smallest absolute Gasteiger partial charge is 0.237 e. The second kappa shape index (κ2) is 8.08. The number of hydrogen-bond acceptors (Lipinski definition) is 7. The van der Waals surface area contributed by atoms with Crippen LogP contribution in [0.25, 0.3) is 11.4 Å². The average Bonchev–Trinajstić information content (AvgIpc) is 3.16. The normalized spacial score (nSPS) is 15.3. The zero-order valence-electron chi connectivity index (χ0n) is 15.6. The minimum Gasteiger partial charge on any atom is -0.372 e. The van der Waals surface area contributed by atoms with Gasteiger partial charge in [0.1, 0.15) is 0 Å². The molecular formula is C20H23N5OS. The average molecular weight is 382 g/mol. The molecule has 2 aromatic heterocycles. The van der Waals surface area contributed by atoms with Gasteiger partial charge in [-0.15, -0.1) is 0 Å². The summed E-state index contributed by atoms with van der Waals surface area (Å²) in [7, 11) is 0. The summed E-state index contributed by atoms with van der Waals surface area (Å²) in [6.07, 6.45) is 4.28. The maximum atomic E-state index is 5.38. The minimum absolute atomic E-state index is 0.556. The molecule has 0 spiro atoms. The third-order valence-electron chi connectivity index (χ3n) is 4.84. The first-order valence-corrected chi connectivity index (χ1v) is 10.3. The first-order chi connectivity index (χ1) is 13.2. The van der Waals surface area contributed by atoms with E-state index in [4.69, 9.17) is 4.52 Å². The highest BCUT2D eigenvalue weighted by Crippen LogP contribution is 2.26. The van der Waals surface area contributed by atoms with Crippen LogP contribution in [0.1, 0.15) is 31.4 Å². The van der Waals surface area contributed by atoms with Gasteiger partial charge < -0.3 is 9.42 Å². The number of benzene rings is 1. The SMILES string of the molecule is Cc1ccnc(SCc2nc(-c3ccc(N4CCC(C)CC4)cc3)no2)n1. The highest BCUT2D eigenvalue weighted by molar-refractivity contribution is 7.98. The molecule has 6 nitrogen and oxygen atoms in total. The molecule has 0 unspecified atom stereocenters. The highest BCUT2D eigenvalue weighted by Gasteiger charge is 2.16. The van der Waals surface area contributed by atoms with E-state index in [1.807, 2.05) is 13.0 Å². The van der Waals surface area contributed by atoms with Gasteiger partial charge in [-0.2, -0.15) is 4.98 Å². The fourth-order valence-electron chi connectivity index (χ4n) is 3.14. The molecule has 1 aliphatic rings. The molecular weight excluding hydrogens is 358 g/mol. The van der Waals surface area contributed by atoms with Crippen molar-refractivity contribution in [1.82, 2.24) is 20.1 Å². The summed E-state index contributed by atoms with van der Waals surface area (Å²) in [6, 6.07) is 10.3. The van der Waals surface area contributed by atoms with Gasteiger partial charge in [0.2, 0.25) is 11.7 Å². The number of hydrogen-bond donors (Lipinski definition) is 0. The van der Waals surface area contributed by atoms with Crippen LogP contribution in [0.2, 0.25) is 0 Å². The summed E-state index contributed by atoms with van der Waals surface area (Å²) < 4.78 is 5.38. The first kappa shape index (κ1) is 18.0. The molecule has 3 heterocycles. The lowest BCUT2D eigenvalue weighted by Crippen LogP contribution is -2.32. The number of piperidine rings is 1. The van der Waals surface area contributed by atoms with E-state index in [9.17, 15) is 0 Å². The van der Waals surface area contributed by atoms with Gasteiger partial charge in [0.25, 0.3) is 0 Å². The second-order valence-corrected chi connectivity index (χ2v) is 7.94. The lowest BCUT2D eigenvalue weighted by molar-refractivity contribution is 0.391. The predicted octanol–water partition coefficient (Wildman–Crippen LogP) is 4.36. The molecule has 7 heteroatoms. The van der Waals surface area contributed by atoms with Crippen molar-refractivity contribution in [2.45, 2.75) is 37.6 Å². The van der Waals surface area contributed by atoms with E-state index >= 15 is 0 Å². The maximum Gasteiger partial charge on any atom is 0.237 e. The molecule has 0 saturated carbocycles. The lowest BCUT2D eigenvalue weighted by Gasteiger charge is -2.32. The van der Waals surface area contributed by atoms with Crippen LogP contribution in [-0.4, -0.2) is 33.2 Å². The van der Waals surface area contributed by atoms with E-state index in [-0.39, 0.29) is 0 Å². The fourth-order valence-corrected chi connectivity index (χ4v) is 3.85. The Balaban J connectivity index is 1.39. The summed E-state index contributed by atoms with van der Waals surface area (Å²) in [5.41, 5.74) is 3.18. The Morgan fingerprint density at radius 1 is 1.11 bits per heavy atom. The van der Waals surface area contributed by atoms with Gasteiger partial charge in [-0.1, -0.05) is 23.8 Å². The molecule has 0 bridgehead atoms. The van der Waals surface area contributed by atoms with Crippen molar-refractivity contribution >= 4 is 17.4 Å². The molecule has 1 aliphatic heterocycles. The van der Waals surface area contributed by atoms with Gasteiger partial charge in [0, 0.05) is 36.2 Å². The number of anilines is 1. The number of rotatable bonds is 5. The van der Waals surface area contributed by atoms with Gasteiger partial charge in [0.05, 0.1) is 5.75 Å². The van der Waals surface area contributed by atoms with Crippen LogP contribution in [0.4, 0.5) is 5.69 Å². The summed E-state index contributed by atoms with van der Waals surface area (Å²) >= 11 is 1.49. The molecule has 0 aliphatic carbocycles. The molecule has 27 heavy (non-hydrogen) atoms. The van der Waals surface area contributed by atoms with Crippen LogP contribution < -0.4 is 4.90 Å². The van der Waals surface area contributed by atoms with Crippen LogP contribution in [-0.2, 0) is 5.75 Å². The van der Waals surface area contributed by atoms with Crippen LogP contribution in [0.15, 0.2) is 46.2 Å². The van der Waals surface area contributed by atoms with Crippen molar-refractivity contribution in [3.8, 4) is 11.4 Å². The number of aromatic nitrogens is 4. The quantitative estimate of drug-likeness (QED) is 0.480. The van der Waals surface area contributed by atoms with E-state index in [2.05, 4.69) is 56.2 Å². The molecule has 140 valence electrons. The fraction of sp³-hybridized carbons (Fsp3) is 0.400. The molecule has 4 rings (SSSR count). The Morgan fingerprint density at radius 2 is 1.89 bits per heavy atom. The van der Waals surface area contributed by atoms with Crippen molar-refractivity contribution in [1.29, 1.82) is 0 Å². The Kier molecular flexibility index (Phi) is 5.38. The summed E-state index contributed by atoms with van der Waals surface area (Å²) in [5, 5.41) is 4.83. The zero-order valence-corrected chi connectivity index (χ0v) is 16.4. The largest absolute Gasteiger partial charge is 0.372 e. The lowest BCUT2D eigenvalue weighted by atomic mass is 9.98. The third-order valence-corrected chi connectivity index (χ3v) is 5.69. The summed E-state index contributed by atoms with van der Waals surface area (Å²) in [5.74, 6) is 2.59. The van der Waals surface area contributed by atoms with E-state index < -0.39 is 0 Å². The first-order valence-electron chi connectivity index (χ1n) is 9.28. The van der Waals surface area contributed by atoms with Crippen LogP contribution in [0.5, 0.6) is 0 Å². The van der Waals surface area contributed by atoms with Crippen molar-refractivity contribution < 1.29 is 4.52 Å². The van der Waals surface area contributed by atoms with Gasteiger partial charge >= 0.3 is 0 Å². The van der Waals surface area contributed by atoms with Crippen molar-refractivity contribution in [2.24, 2.45) is 5.92 Å². The maximum absolute atomic E-state index is 5.38. The molecule has 0 amide bonds. The molecule has 1 aromatic carbocycles. The highest BCUT2D eigenvalue weighted by atomic mass is 32.2. The molecule has 3 aromatic rings. The van der Waals surface area contributed by atoms with E-state index in [1.54, 1.807) is 6.20 Å². The minimum atomic E-state index is 0.556. The topological polar surface area (TPSA) is 67.9 Å². The number of nitrogens with zero attached hydrogens (tertiary/aromatic N) is 5. The van der Waals surface area contributed by atoms with Crippen molar-refractivity contribution in [2.75, 3.05) is 18.0 Å². The van der Waals surface area contributed by atoms with Gasteiger partial charge in [-0.25, -0.2) is 9.97 Å². The number of aryl methyl sites for hydroxylation is 1. The van der Waals surface area contributed by atoms with E-state index in [1.165, 1.54) is 30.3 Å². The zero-order chi connectivity index (χ0) is 18.6. The third kappa shape index (κ3) is 4.47. The molecule has 0 atom stereocenters. The Labute approximate surface area is 163 Å². The molecule has 1 fully saturated rings. The van der Waals surface area contributed by atoms with Crippen molar-refractivity contribution in [3.05, 3.63) is 48.1 Å². The molecule has 0 radical (unpaired) electrons. The summed E-state index contributed by atoms with van der Waals surface area (Å²) in [6.45, 7) is 6.54. The van der Waals surface area contributed by atoms with Gasteiger partial charge in [-0.3, -0.25) is 0 Å². The van der Waals surface area contributed by atoms with Crippen LogP contribution in [0, 0.1) is 12.8 Å². The standard InChI is InChI=1S/C20H23N5OS/c1-14-8-11-25(12-9-14)17-5-3-16(4-6-17)19-23-18(26-24-19)13-27-20-21-10-7-15(2)22-20/h3-7,10,14H,8-9,11-13H2,1-2H3. The van der Waals surface area contributed by atoms with E-state index in [0.717, 1.165) is 35.4 Å². The van der Waals surface area contributed by atoms with Crippen LogP contribution >= 0.6 is 11.8 Å². The van der Waals surface area contributed by atoms with Gasteiger partial charge in [0.15, 0.2) is 5.16 Å². The monoisotopic (exact) mass is 381 g/mol. The second-order valence-electron chi connectivity index (χ2n) is 7.00. The number of thioether (sulfide) groups is 1. The Morgan fingerprint density at radius 3 is 2.63 bits per heavy atom. The predicted molar refractivity (Wildman–Crippen MR) is 107 cm³/mol. The molecule has 1 saturated heterocycles. The Bertz CT molecular complexity index is 887. The van der Waals surface area contributed by atoms with Crippen LogP contribution in [0.3, 0.4) is 0 Å². The molecule has 0 N–H and O–H groups in total.